The Balaban J connectivity index is 5.89. The lowest BCUT2D eigenvalue weighted by molar-refractivity contribution is 0.0710. The molecule has 6 nitrogen and oxygen atoms in total. The molecule has 0 saturated heterocycles. The fourth-order valence-corrected chi connectivity index (χ4v) is 24.2. The molecular formula is C19H49NO5Si4. The molecule has 0 aliphatic carbocycles. The van der Waals surface area contributed by atoms with Crippen LogP contribution < -0.4 is 0 Å². The molecule has 0 radical (unpaired) electrons. The van der Waals surface area contributed by atoms with Crippen LogP contribution in [-0.2, 0) is 22.1 Å². The first kappa shape index (κ1) is 29.6. The van der Waals surface area contributed by atoms with E-state index in [-0.39, 0.29) is 0 Å². The Bertz CT molecular complexity index is 406. The van der Waals surface area contributed by atoms with Crippen molar-refractivity contribution in [2.24, 2.45) is 0 Å². The summed E-state index contributed by atoms with van der Waals surface area (Å²) < 4.78 is 34.1. The molecule has 0 aliphatic rings. The third-order valence-electron chi connectivity index (χ3n) is 4.74. The minimum atomic E-state index is -2.73. The molecule has 0 fully saturated rings. The zero-order valence-electron chi connectivity index (χ0n) is 21.1. The molecule has 10 heteroatoms. The van der Waals surface area contributed by atoms with E-state index in [1.165, 1.54) is 0 Å². The highest BCUT2D eigenvalue weighted by molar-refractivity contribution is 6.91. The van der Waals surface area contributed by atoms with Crippen LogP contribution in [0.2, 0.25) is 51.4 Å². The Morgan fingerprint density at radius 3 is 1.14 bits per heavy atom. The Kier molecular flexibility index (Phi) is 13.5. The van der Waals surface area contributed by atoms with Crippen LogP contribution in [0.1, 0.15) is 34.6 Å². The SMILES string of the molecule is CCO[Si](CC[Si](OCC)(OCC)OCC)(CN([Si](C)(C)C)[Si](C)(C)C)OCC. The summed E-state index contributed by atoms with van der Waals surface area (Å²) in [5.74, 6) is 0. The Morgan fingerprint density at radius 1 is 0.517 bits per heavy atom. The summed E-state index contributed by atoms with van der Waals surface area (Å²) in [6.45, 7) is 27.9. The minimum Gasteiger partial charge on any atom is -0.394 e. The van der Waals surface area contributed by atoms with E-state index in [4.69, 9.17) is 22.1 Å². The topological polar surface area (TPSA) is 49.4 Å². The molecule has 0 bridgehead atoms. The minimum absolute atomic E-state index is 0.597. The van der Waals surface area contributed by atoms with Gasteiger partial charge < -0.3 is 26.4 Å². The fourth-order valence-electron chi connectivity index (χ4n) is 3.95. The van der Waals surface area contributed by atoms with Crippen molar-refractivity contribution in [2.45, 2.75) is 86.0 Å². The van der Waals surface area contributed by atoms with Gasteiger partial charge in [0.05, 0.1) is 0 Å². The molecule has 0 unspecified atom stereocenters. The highest BCUT2D eigenvalue weighted by Gasteiger charge is 2.50. The maximum atomic E-state index is 6.50. The van der Waals surface area contributed by atoms with Crippen molar-refractivity contribution in [2.75, 3.05) is 39.2 Å². The van der Waals surface area contributed by atoms with Crippen LogP contribution >= 0.6 is 0 Å². The van der Waals surface area contributed by atoms with Crippen LogP contribution in [0.15, 0.2) is 0 Å². The van der Waals surface area contributed by atoms with E-state index in [0.29, 0.717) is 33.0 Å². The van der Waals surface area contributed by atoms with Gasteiger partial charge >= 0.3 is 17.4 Å². The first-order chi connectivity index (χ1) is 13.3. The molecule has 0 heterocycles. The van der Waals surface area contributed by atoms with Gasteiger partial charge in [0.2, 0.25) is 0 Å². The average molecular weight is 484 g/mol. The van der Waals surface area contributed by atoms with E-state index in [1.54, 1.807) is 0 Å². The molecule has 0 amide bonds. The molecule has 0 spiro atoms. The normalized spacial score (nSPS) is 14.1. The third kappa shape index (κ3) is 10.2. The number of nitrogens with zero attached hydrogens (tertiary/aromatic N) is 1. The van der Waals surface area contributed by atoms with Gasteiger partial charge in [0.15, 0.2) is 0 Å². The van der Waals surface area contributed by atoms with Crippen molar-refractivity contribution >= 4 is 33.8 Å². The molecule has 0 aromatic rings. The predicted octanol–water partition coefficient (Wildman–Crippen LogP) is 5.06. The second kappa shape index (κ2) is 13.2. The van der Waals surface area contributed by atoms with E-state index < -0.39 is 33.8 Å². The molecule has 0 rings (SSSR count). The second-order valence-corrected chi connectivity index (χ2v) is 25.3. The number of hydrogen-bond acceptors (Lipinski definition) is 6. The van der Waals surface area contributed by atoms with Crippen LogP contribution in [0, 0.1) is 0 Å². The molecular weight excluding hydrogens is 435 g/mol. The van der Waals surface area contributed by atoms with Gasteiger partial charge in [-0.25, -0.2) is 0 Å². The Hall–Kier alpha value is 0.628. The van der Waals surface area contributed by atoms with Crippen molar-refractivity contribution in [3.8, 4) is 0 Å². The Morgan fingerprint density at radius 2 is 0.862 bits per heavy atom. The van der Waals surface area contributed by atoms with Gasteiger partial charge in [0, 0.05) is 45.2 Å². The largest absolute Gasteiger partial charge is 0.500 e. The average Bonchev–Trinajstić information content (AvgIpc) is 2.57. The van der Waals surface area contributed by atoms with Crippen molar-refractivity contribution in [3.05, 3.63) is 0 Å². The first-order valence-electron chi connectivity index (χ1n) is 11.3. The maximum absolute atomic E-state index is 6.50. The highest BCUT2D eigenvalue weighted by Crippen LogP contribution is 2.30. The first-order valence-corrected chi connectivity index (χ1v) is 22.4. The van der Waals surface area contributed by atoms with Crippen molar-refractivity contribution in [1.29, 1.82) is 0 Å². The molecule has 0 aromatic carbocycles. The van der Waals surface area contributed by atoms with E-state index in [0.717, 1.165) is 18.3 Å². The zero-order valence-corrected chi connectivity index (χ0v) is 25.1. The van der Waals surface area contributed by atoms with Crippen molar-refractivity contribution in [3.63, 3.8) is 0 Å². The van der Waals surface area contributed by atoms with Gasteiger partial charge in [-0.1, -0.05) is 39.3 Å². The standard InChI is InChI=1S/C19H49NO5Si4/c1-12-21-28(22-13-2,19-20(26(6,7)8)27(9,10)11)17-18-29(23-14-3,24-15-4)25-16-5/h12-19H2,1-11H3. The summed E-state index contributed by atoms with van der Waals surface area (Å²) >= 11 is 0. The lowest BCUT2D eigenvalue weighted by Gasteiger charge is -2.47. The van der Waals surface area contributed by atoms with E-state index in [9.17, 15) is 0 Å². The maximum Gasteiger partial charge on any atom is 0.500 e. The lowest BCUT2D eigenvalue weighted by atomic mass is 10.9. The summed E-state index contributed by atoms with van der Waals surface area (Å²) in [7, 11) is -8.26. The van der Waals surface area contributed by atoms with Crippen LogP contribution in [0.5, 0.6) is 0 Å². The summed E-state index contributed by atoms with van der Waals surface area (Å²) in [6.07, 6.45) is 0.926. The van der Waals surface area contributed by atoms with Crippen LogP contribution in [0.4, 0.5) is 0 Å². The van der Waals surface area contributed by atoms with Gasteiger partial charge in [0.25, 0.3) is 0 Å². The van der Waals surface area contributed by atoms with Crippen LogP contribution in [0.25, 0.3) is 0 Å². The summed E-state index contributed by atoms with van der Waals surface area (Å²) in [6, 6.07) is 1.59. The van der Waals surface area contributed by atoms with E-state index in [2.05, 4.69) is 57.4 Å². The van der Waals surface area contributed by atoms with Gasteiger partial charge in [-0.2, -0.15) is 0 Å². The van der Waals surface area contributed by atoms with Gasteiger partial charge in [-0.05, 0) is 40.7 Å². The number of hydrogen-bond donors (Lipinski definition) is 0. The second-order valence-electron chi connectivity index (χ2n) is 9.19. The molecule has 0 aromatic heterocycles. The molecule has 176 valence electrons. The summed E-state index contributed by atoms with van der Waals surface area (Å²) in [4.78, 5) is 0. The van der Waals surface area contributed by atoms with Crippen molar-refractivity contribution in [1.82, 2.24) is 4.23 Å². The van der Waals surface area contributed by atoms with Gasteiger partial charge in [0.1, 0.15) is 16.5 Å². The molecule has 0 N–H and O–H groups in total. The summed E-state index contributed by atoms with van der Waals surface area (Å²) in [5, 5.41) is 0. The predicted molar refractivity (Wildman–Crippen MR) is 133 cm³/mol. The number of rotatable bonds is 17. The van der Waals surface area contributed by atoms with Crippen LogP contribution in [0.3, 0.4) is 0 Å². The van der Waals surface area contributed by atoms with Crippen molar-refractivity contribution < 1.29 is 22.1 Å². The van der Waals surface area contributed by atoms with E-state index >= 15 is 0 Å². The quantitative estimate of drug-likeness (QED) is 0.269. The molecule has 0 aliphatic heterocycles. The lowest BCUT2D eigenvalue weighted by Crippen LogP contribution is -2.66. The smallest absolute Gasteiger partial charge is 0.394 e. The van der Waals surface area contributed by atoms with E-state index in [1.807, 2.05) is 20.8 Å². The zero-order chi connectivity index (χ0) is 22.8. The third-order valence-corrected chi connectivity index (χ3v) is 19.9. The fraction of sp³-hybridized carbons (Fsp3) is 1.00. The summed E-state index contributed by atoms with van der Waals surface area (Å²) in [5.41, 5.74) is 0. The monoisotopic (exact) mass is 483 g/mol. The van der Waals surface area contributed by atoms with Crippen LogP contribution in [-0.4, -0.2) is 77.3 Å². The van der Waals surface area contributed by atoms with Gasteiger partial charge in [-0.3, -0.25) is 0 Å². The Labute approximate surface area is 185 Å². The molecule has 0 saturated carbocycles. The molecule has 29 heavy (non-hydrogen) atoms. The van der Waals surface area contributed by atoms with Gasteiger partial charge in [-0.15, -0.1) is 0 Å². The molecule has 0 atom stereocenters. The highest BCUT2D eigenvalue weighted by atomic mass is 28.4.